The maximum Gasteiger partial charge on any atom is 0.297 e. The van der Waals surface area contributed by atoms with Crippen LogP contribution in [0.3, 0.4) is 0 Å². The highest BCUT2D eigenvalue weighted by atomic mass is 32.2. The van der Waals surface area contributed by atoms with E-state index in [1.165, 1.54) is 35.4 Å². The number of hydrogen-bond donors (Lipinski definition) is 4. The van der Waals surface area contributed by atoms with Crippen LogP contribution in [0, 0.1) is 0 Å². The van der Waals surface area contributed by atoms with Gasteiger partial charge in [0.1, 0.15) is 21.4 Å². The molecule has 6 aromatic carbocycles. The van der Waals surface area contributed by atoms with Gasteiger partial charge in [0.2, 0.25) is 23.8 Å². The molecule has 18 heteroatoms. The number of aryl methyl sites for hydroxylation is 4. The van der Waals surface area contributed by atoms with Crippen LogP contribution in [0.25, 0.3) is 12.2 Å². The minimum Gasteiger partial charge on any atom is -0.324 e. The number of hydrogen-bond acceptors (Lipinski definition) is 16. The van der Waals surface area contributed by atoms with Gasteiger partial charge in [-0.2, -0.15) is 46.7 Å². The van der Waals surface area contributed by atoms with Gasteiger partial charge in [0, 0.05) is 35.6 Å². The van der Waals surface area contributed by atoms with Crippen molar-refractivity contribution in [3.8, 4) is 0 Å². The summed E-state index contributed by atoms with van der Waals surface area (Å²) in [6, 6.07) is 48.5. The summed E-state index contributed by atoms with van der Waals surface area (Å²) in [5.74, 6) is 2.07. The fourth-order valence-electron chi connectivity index (χ4n) is 7.33. The van der Waals surface area contributed by atoms with Crippen LogP contribution in [0.2, 0.25) is 0 Å². The Kier molecular flexibility index (Phi) is 15.9. The zero-order chi connectivity index (χ0) is 48.8. The second-order valence-electron chi connectivity index (χ2n) is 15.8. The fraction of sp³-hybridized carbons (Fsp3) is 0.154. The largest absolute Gasteiger partial charge is 0.324 e. The zero-order valence-corrected chi connectivity index (χ0v) is 40.0. The van der Waals surface area contributed by atoms with Gasteiger partial charge in [-0.3, -0.25) is 8.37 Å². The molecular formula is C52H50N10O6S2. The molecule has 0 saturated heterocycles. The van der Waals surface area contributed by atoms with Gasteiger partial charge >= 0.3 is 0 Å². The Bertz CT molecular complexity index is 3060. The third-order valence-corrected chi connectivity index (χ3v) is 13.5. The summed E-state index contributed by atoms with van der Waals surface area (Å²) in [5.41, 5.74) is 5.07. The SMILES string of the molecule is COS(=O)(=O)c1cc(Nc2nc(CCCc3ccccc3)nc(Nc3ccccc3)n2)ccc1C=Cc1ccc(Nc2nc(CCCc3ccccc3)nc(Nc3ccccc3)n2)cc1S(=O)(=O)OC. The average Bonchev–Trinajstić information content (AvgIpc) is 3.37. The Morgan fingerprint density at radius 1 is 0.400 bits per heavy atom. The molecule has 356 valence electrons. The van der Waals surface area contributed by atoms with Crippen LogP contribution in [0.1, 0.15) is 46.7 Å². The number of nitrogens with zero attached hydrogens (tertiary/aromatic N) is 6. The predicted molar refractivity (Wildman–Crippen MR) is 273 cm³/mol. The first-order valence-electron chi connectivity index (χ1n) is 22.4. The van der Waals surface area contributed by atoms with Gasteiger partial charge in [-0.25, -0.2) is 0 Å². The molecule has 0 bridgehead atoms. The van der Waals surface area contributed by atoms with Crippen LogP contribution in [0.5, 0.6) is 0 Å². The van der Waals surface area contributed by atoms with E-state index in [1.807, 2.05) is 97.1 Å². The molecule has 16 nitrogen and oxygen atoms in total. The van der Waals surface area contributed by atoms with Crippen molar-refractivity contribution >= 4 is 78.9 Å². The van der Waals surface area contributed by atoms with Gasteiger partial charge < -0.3 is 21.3 Å². The number of benzene rings is 6. The summed E-state index contributed by atoms with van der Waals surface area (Å²) in [5, 5.41) is 12.8. The lowest BCUT2D eigenvalue weighted by atomic mass is 10.1. The maximum atomic E-state index is 13.5. The number of para-hydroxylation sites is 2. The number of rotatable bonds is 22. The Balaban J connectivity index is 1.05. The molecule has 2 heterocycles. The summed E-state index contributed by atoms with van der Waals surface area (Å²) in [6.45, 7) is 0. The highest BCUT2D eigenvalue weighted by Crippen LogP contribution is 2.30. The molecule has 0 radical (unpaired) electrons. The molecule has 0 aliphatic rings. The molecule has 0 spiro atoms. The lowest BCUT2D eigenvalue weighted by molar-refractivity contribution is 0.396. The van der Waals surface area contributed by atoms with Crippen molar-refractivity contribution in [2.24, 2.45) is 0 Å². The molecule has 4 N–H and O–H groups in total. The minimum atomic E-state index is -4.31. The first-order chi connectivity index (χ1) is 34.0. The van der Waals surface area contributed by atoms with Gasteiger partial charge in [-0.15, -0.1) is 0 Å². The van der Waals surface area contributed by atoms with Crippen molar-refractivity contribution in [1.29, 1.82) is 0 Å². The van der Waals surface area contributed by atoms with Crippen LogP contribution in [-0.4, -0.2) is 61.0 Å². The monoisotopic (exact) mass is 974 g/mol. The molecule has 0 fully saturated rings. The Labute approximate surface area is 407 Å². The first-order valence-corrected chi connectivity index (χ1v) is 25.2. The third-order valence-electron chi connectivity index (χ3n) is 10.8. The zero-order valence-electron chi connectivity index (χ0n) is 38.4. The van der Waals surface area contributed by atoms with E-state index in [0.29, 0.717) is 47.8 Å². The van der Waals surface area contributed by atoms with Gasteiger partial charge in [-0.05, 0) is 96.5 Å². The topological polar surface area (TPSA) is 212 Å². The van der Waals surface area contributed by atoms with E-state index in [-0.39, 0.29) is 32.8 Å². The molecule has 0 amide bonds. The van der Waals surface area contributed by atoms with E-state index in [0.717, 1.165) is 51.3 Å². The lowest BCUT2D eigenvalue weighted by Gasteiger charge is -2.13. The molecule has 70 heavy (non-hydrogen) atoms. The van der Waals surface area contributed by atoms with Crippen molar-refractivity contribution in [2.45, 2.75) is 48.3 Å². The smallest absolute Gasteiger partial charge is 0.297 e. The molecule has 0 aliphatic carbocycles. The highest BCUT2D eigenvalue weighted by Gasteiger charge is 2.21. The average molecular weight is 975 g/mol. The molecular weight excluding hydrogens is 925 g/mol. The molecule has 0 aliphatic heterocycles. The van der Waals surface area contributed by atoms with Crippen LogP contribution in [0.15, 0.2) is 168 Å². The quantitative estimate of drug-likeness (QED) is 0.0367. The first kappa shape index (κ1) is 48.6. The fourth-order valence-corrected chi connectivity index (χ4v) is 9.08. The van der Waals surface area contributed by atoms with E-state index in [9.17, 15) is 16.8 Å². The van der Waals surface area contributed by atoms with Crippen LogP contribution in [-0.2, 0) is 54.3 Å². The van der Waals surface area contributed by atoms with Crippen molar-refractivity contribution < 1.29 is 25.2 Å². The molecule has 8 rings (SSSR count). The summed E-state index contributed by atoms with van der Waals surface area (Å²) in [4.78, 5) is 27.5. The van der Waals surface area contributed by atoms with Gasteiger partial charge in [0.05, 0.1) is 14.2 Å². The summed E-state index contributed by atoms with van der Waals surface area (Å²) in [7, 11) is -6.49. The van der Waals surface area contributed by atoms with Crippen LogP contribution in [0.4, 0.5) is 46.5 Å². The summed E-state index contributed by atoms with van der Waals surface area (Å²) in [6.07, 6.45) is 7.31. The lowest BCUT2D eigenvalue weighted by Crippen LogP contribution is -2.09. The summed E-state index contributed by atoms with van der Waals surface area (Å²) >= 11 is 0. The van der Waals surface area contributed by atoms with Crippen LogP contribution >= 0.6 is 0 Å². The standard InChI is InChI=1S/C52H50N10O6S2/c1-67-69(63,64)45-35-43(55-51-59-47(27-15-21-37-17-7-3-8-18-37)57-49(61-51)53-41-23-11-5-12-24-41)33-31-39(45)29-30-40-32-34-44(36-46(40)70(65,66)68-2)56-52-60-48(28-16-22-38-19-9-4-10-20-38)58-50(62-52)54-42-25-13-6-14-26-42/h3-14,17-20,23-26,29-36H,15-16,21-22,27-28H2,1-2H3,(H2,53,55,57,59,61)(H2,54,56,58,60,62). The molecule has 0 unspecified atom stereocenters. The van der Waals surface area contributed by atoms with Gasteiger partial charge in [0.15, 0.2) is 0 Å². The predicted octanol–water partition coefficient (Wildman–Crippen LogP) is 10.2. The van der Waals surface area contributed by atoms with E-state index < -0.39 is 20.2 Å². The normalized spacial score (nSPS) is 11.6. The molecule has 8 aromatic rings. The van der Waals surface area contributed by atoms with E-state index in [4.69, 9.17) is 8.37 Å². The third kappa shape index (κ3) is 13.4. The number of anilines is 8. The second-order valence-corrected chi connectivity index (χ2v) is 19.2. The highest BCUT2D eigenvalue weighted by molar-refractivity contribution is 7.87. The van der Waals surface area contributed by atoms with Crippen molar-refractivity contribution in [2.75, 3.05) is 35.5 Å². The van der Waals surface area contributed by atoms with Crippen molar-refractivity contribution in [3.05, 3.63) is 192 Å². The van der Waals surface area contributed by atoms with E-state index in [1.54, 1.807) is 24.3 Å². The van der Waals surface area contributed by atoms with Crippen molar-refractivity contribution in [1.82, 2.24) is 29.9 Å². The van der Waals surface area contributed by atoms with E-state index >= 15 is 0 Å². The Hall–Kier alpha value is -7.90. The molecule has 0 atom stereocenters. The Morgan fingerprint density at radius 3 is 1.07 bits per heavy atom. The minimum absolute atomic E-state index is 0.190. The van der Waals surface area contributed by atoms with E-state index in [2.05, 4.69) is 75.4 Å². The van der Waals surface area contributed by atoms with Crippen LogP contribution < -0.4 is 21.3 Å². The molecule has 2 aromatic heterocycles. The van der Waals surface area contributed by atoms with Gasteiger partial charge in [-0.1, -0.05) is 121 Å². The summed E-state index contributed by atoms with van der Waals surface area (Å²) < 4.78 is 63.8. The number of nitrogens with one attached hydrogen (secondary N) is 4. The maximum absolute atomic E-state index is 13.5. The molecule has 0 saturated carbocycles. The Morgan fingerprint density at radius 2 is 0.729 bits per heavy atom. The van der Waals surface area contributed by atoms with Crippen molar-refractivity contribution in [3.63, 3.8) is 0 Å². The second kappa shape index (κ2) is 22.9. The number of aromatic nitrogens is 6. The van der Waals surface area contributed by atoms with Gasteiger partial charge in [0.25, 0.3) is 20.2 Å².